The van der Waals surface area contributed by atoms with Crippen LogP contribution in [0, 0.1) is 0 Å². The molecule has 0 saturated carbocycles. The van der Waals surface area contributed by atoms with Gasteiger partial charge in [0.05, 0.1) is 16.7 Å². The van der Waals surface area contributed by atoms with E-state index in [1.54, 1.807) is 12.1 Å². The highest BCUT2D eigenvalue weighted by Gasteiger charge is 2.20. The molecule has 0 spiro atoms. The molecule has 0 bridgehead atoms. The average molecular weight is 448 g/mol. The molecule has 1 unspecified atom stereocenters. The van der Waals surface area contributed by atoms with E-state index in [0.717, 1.165) is 11.1 Å². The lowest BCUT2D eigenvalue weighted by molar-refractivity contribution is -0.121. The smallest absolute Gasteiger partial charge is 0.221 e. The first kappa shape index (κ1) is 21.4. The summed E-state index contributed by atoms with van der Waals surface area (Å²) in [6.07, 6.45) is -0.151. The molecule has 3 aromatic carbocycles. The van der Waals surface area contributed by atoms with Crippen molar-refractivity contribution in [3.63, 3.8) is 0 Å². The third-order valence-electron chi connectivity index (χ3n) is 4.41. The monoisotopic (exact) mass is 447 g/mol. The Morgan fingerprint density at radius 3 is 1.90 bits per heavy atom. The zero-order valence-electron chi connectivity index (χ0n) is 15.4. The SMILES string of the molecule is O=C(CCS(=O)(=O)c1ccc(Cl)cc1)NC(c1ccccc1)c1ccc(Cl)cc1. The first-order valence-corrected chi connectivity index (χ1v) is 11.3. The normalized spacial score (nSPS) is 12.3. The van der Waals surface area contributed by atoms with Gasteiger partial charge in [0.25, 0.3) is 0 Å². The molecule has 4 nitrogen and oxygen atoms in total. The maximum atomic E-state index is 12.6. The predicted molar refractivity (Wildman–Crippen MR) is 116 cm³/mol. The average Bonchev–Trinajstić information content (AvgIpc) is 2.72. The van der Waals surface area contributed by atoms with E-state index in [0.29, 0.717) is 10.0 Å². The van der Waals surface area contributed by atoms with Crippen molar-refractivity contribution in [2.45, 2.75) is 17.4 Å². The fourth-order valence-electron chi connectivity index (χ4n) is 2.88. The molecular weight excluding hydrogens is 429 g/mol. The standard InChI is InChI=1S/C22H19Cl2NO3S/c23-18-8-6-17(7-9-18)22(16-4-2-1-3-5-16)25-21(26)14-15-29(27,28)20-12-10-19(24)11-13-20/h1-13,22H,14-15H2,(H,25,26). The zero-order valence-corrected chi connectivity index (χ0v) is 17.7. The highest BCUT2D eigenvalue weighted by Crippen LogP contribution is 2.24. The fraction of sp³-hybridized carbons (Fsp3) is 0.136. The van der Waals surface area contributed by atoms with Crippen molar-refractivity contribution >= 4 is 38.9 Å². The van der Waals surface area contributed by atoms with Crippen LogP contribution < -0.4 is 5.32 Å². The largest absolute Gasteiger partial charge is 0.345 e. The van der Waals surface area contributed by atoms with Crippen LogP contribution in [0.5, 0.6) is 0 Å². The summed E-state index contributed by atoms with van der Waals surface area (Å²) >= 11 is 11.8. The maximum Gasteiger partial charge on any atom is 0.221 e. The third-order valence-corrected chi connectivity index (χ3v) is 6.65. The van der Waals surface area contributed by atoms with Crippen LogP contribution in [-0.2, 0) is 14.6 Å². The molecule has 7 heteroatoms. The van der Waals surface area contributed by atoms with Crippen LogP contribution in [0.1, 0.15) is 23.6 Å². The van der Waals surface area contributed by atoms with Crippen LogP contribution in [0.4, 0.5) is 0 Å². The number of sulfone groups is 1. The highest BCUT2D eigenvalue weighted by molar-refractivity contribution is 7.91. The lowest BCUT2D eigenvalue weighted by Crippen LogP contribution is -2.30. The van der Waals surface area contributed by atoms with Gasteiger partial charge in [0.1, 0.15) is 0 Å². The number of hydrogen-bond acceptors (Lipinski definition) is 3. The summed E-state index contributed by atoms with van der Waals surface area (Å²) in [6, 6.07) is 22.2. The second-order valence-corrected chi connectivity index (χ2v) is 9.47. The number of amides is 1. The van der Waals surface area contributed by atoms with E-state index in [2.05, 4.69) is 5.32 Å². The Balaban J connectivity index is 1.73. The lowest BCUT2D eigenvalue weighted by atomic mass is 9.98. The molecule has 0 saturated heterocycles. The molecular formula is C22H19Cl2NO3S. The van der Waals surface area contributed by atoms with Crippen LogP contribution >= 0.6 is 23.2 Å². The van der Waals surface area contributed by atoms with Gasteiger partial charge >= 0.3 is 0 Å². The first-order chi connectivity index (χ1) is 13.8. The number of halogens is 2. The number of nitrogens with one attached hydrogen (secondary N) is 1. The molecule has 29 heavy (non-hydrogen) atoms. The Bertz CT molecular complexity index is 1070. The molecule has 0 aliphatic heterocycles. The van der Waals surface area contributed by atoms with Crippen molar-refractivity contribution in [3.05, 3.63) is 100 Å². The molecule has 3 rings (SSSR count). The number of hydrogen-bond donors (Lipinski definition) is 1. The van der Waals surface area contributed by atoms with E-state index in [-0.39, 0.29) is 23.0 Å². The van der Waals surface area contributed by atoms with Gasteiger partial charge in [0.2, 0.25) is 5.91 Å². The van der Waals surface area contributed by atoms with Crippen LogP contribution in [0.25, 0.3) is 0 Å². The third kappa shape index (κ3) is 5.82. The van der Waals surface area contributed by atoms with Gasteiger partial charge in [-0.3, -0.25) is 4.79 Å². The molecule has 0 fully saturated rings. The minimum atomic E-state index is -3.58. The van der Waals surface area contributed by atoms with Crippen molar-refractivity contribution in [1.82, 2.24) is 5.32 Å². The lowest BCUT2D eigenvalue weighted by Gasteiger charge is -2.20. The van der Waals surface area contributed by atoms with Gasteiger partial charge in [-0.2, -0.15) is 0 Å². The molecule has 150 valence electrons. The van der Waals surface area contributed by atoms with Crippen molar-refractivity contribution in [3.8, 4) is 0 Å². The van der Waals surface area contributed by atoms with E-state index >= 15 is 0 Å². The van der Waals surface area contributed by atoms with E-state index in [4.69, 9.17) is 23.2 Å². The van der Waals surface area contributed by atoms with Crippen molar-refractivity contribution in [2.24, 2.45) is 0 Å². The van der Waals surface area contributed by atoms with Crippen molar-refractivity contribution in [2.75, 3.05) is 5.75 Å². The van der Waals surface area contributed by atoms with E-state index in [1.165, 1.54) is 24.3 Å². The topological polar surface area (TPSA) is 63.2 Å². The van der Waals surface area contributed by atoms with Crippen LogP contribution in [-0.4, -0.2) is 20.1 Å². The summed E-state index contributed by atoms with van der Waals surface area (Å²) in [4.78, 5) is 12.7. The molecule has 0 radical (unpaired) electrons. The van der Waals surface area contributed by atoms with E-state index in [1.807, 2.05) is 42.5 Å². The van der Waals surface area contributed by atoms with Crippen LogP contribution in [0.2, 0.25) is 10.0 Å². The van der Waals surface area contributed by atoms with Gasteiger partial charge in [-0.1, -0.05) is 65.7 Å². The predicted octanol–water partition coefficient (Wildman–Crippen LogP) is 5.06. The van der Waals surface area contributed by atoms with Gasteiger partial charge in [-0.25, -0.2) is 8.42 Å². The maximum absolute atomic E-state index is 12.6. The Morgan fingerprint density at radius 1 is 0.793 bits per heavy atom. The number of carbonyl (C=O) groups excluding carboxylic acids is 1. The molecule has 3 aromatic rings. The van der Waals surface area contributed by atoms with Crippen molar-refractivity contribution < 1.29 is 13.2 Å². The molecule has 1 atom stereocenters. The number of benzene rings is 3. The second-order valence-electron chi connectivity index (χ2n) is 6.49. The molecule has 0 heterocycles. The van der Waals surface area contributed by atoms with Crippen molar-refractivity contribution in [1.29, 1.82) is 0 Å². The quantitative estimate of drug-likeness (QED) is 0.550. The molecule has 0 aliphatic carbocycles. The second kappa shape index (κ2) is 9.44. The minimum absolute atomic E-state index is 0.145. The fourth-order valence-corrected chi connectivity index (χ4v) is 4.37. The van der Waals surface area contributed by atoms with Crippen LogP contribution in [0.3, 0.4) is 0 Å². The van der Waals surface area contributed by atoms with E-state index < -0.39 is 15.9 Å². The van der Waals surface area contributed by atoms with Gasteiger partial charge in [0, 0.05) is 16.5 Å². The Morgan fingerprint density at radius 2 is 1.31 bits per heavy atom. The van der Waals surface area contributed by atoms with Gasteiger partial charge in [0.15, 0.2) is 9.84 Å². The summed E-state index contributed by atoms with van der Waals surface area (Å²) in [7, 11) is -3.58. The summed E-state index contributed by atoms with van der Waals surface area (Å²) in [5, 5.41) is 3.99. The minimum Gasteiger partial charge on any atom is -0.345 e. The zero-order chi connectivity index (χ0) is 20.9. The molecule has 1 N–H and O–H groups in total. The Kier molecular flexibility index (Phi) is 6.96. The molecule has 0 aromatic heterocycles. The summed E-state index contributed by atoms with van der Waals surface area (Å²) < 4.78 is 24.9. The number of carbonyl (C=O) groups is 1. The summed E-state index contributed by atoms with van der Waals surface area (Å²) in [6.45, 7) is 0. The Hall–Kier alpha value is -2.34. The Labute approximate surface area is 180 Å². The summed E-state index contributed by atoms with van der Waals surface area (Å²) in [5.41, 5.74) is 1.75. The molecule has 1 amide bonds. The highest BCUT2D eigenvalue weighted by atomic mass is 35.5. The van der Waals surface area contributed by atoms with E-state index in [9.17, 15) is 13.2 Å². The van der Waals surface area contributed by atoms with Gasteiger partial charge in [-0.15, -0.1) is 0 Å². The number of rotatable bonds is 7. The van der Waals surface area contributed by atoms with Crippen LogP contribution in [0.15, 0.2) is 83.8 Å². The first-order valence-electron chi connectivity index (χ1n) is 8.93. The summed E-state index contributed by atoms with van der Waals surface area (Å²) in [5.74, 6) is -0.644. The molecule has 0 aliphatic rings. The van der Waals surface area contributed by atoms with Gasteiger partial charge in [-0.05, 0) is 47.5 Å². The van der Waals surface area contributed by atoms with Gasteiger partial charge < -0.3 is 5.32 Å².